The molecule has 0 bridgehead atoms. The number of aryl methyl sites for hydroxylation is 1. The van der Waals surface area contributed by atoms with E-state index in [1.54, 1.807) is 0 Å². The van der Waals surface area contributed by atoms with Crippen LogP contribution >= 0.6 is 0 Å². The number of Topliss-reactive ketones (excluding diaryl/α,β-unsaturated/α-hetero) is 1. The smallest absolute Gasteiger partial charge is 0.163 e. The van der Waals surface area contributed by atoms with Crippen molar-refractivity contribution in [3.63, 3.8) is 0 Å². The van der Waals surface area contributed by atoms with Gasteiger partial charge < -0.3 is 5.32 Å². The molecular formula is C20H25NO. The molecule has 1 saturated carbocycles. The zero-order valence-corrected chi connectivity index (χ0v) is 13.6. The Morgan fingerprint density at radius 3 is 2.86 bits per heavy atom. The zero-order chi connectivity index (χ0) is 15.3. The van der Waals surface area contributed by atoms with Crippen molar-refractivity contribution in [1.82, 2.24) is 0 Å². The highest BCUT2D eigenvalue weighted by molar-refractivity contribution is 6.00. The lowest BCUT2D eigenvalue weighted by Crippen LogP contribution is -2.26. The van der Waals surface area contributed by atoms with Gasteiger partial charge in [-0.15, -0.1) is 0 Å². The van der Waals surface area contributed by atoms with E-state index >= 15 is 0 Å². The molecule has 0 amide bonds. The van der Waals surface area contributed by atoms with E-state index in [0.29, 0.717) is 24.0 Å². The normalized spacial score (nSPS) is 33.4. The van der Waals surface area contributed by atoms with Crippen LogP contribution in [0.15, 0.2) is 30.0 Å². The lowest BCUT2D eigenvalue weighted by Gasteiger charge is -2.34. The number of allylic oxidation sites excluding steroid dienone is 2. The lowest BCUT2D eigenvalue weighted by molar-refractivity contribution is 0.0994. The Labute approximate surface area is 133 Å². The highest BCUT2D eigenvalue weighted by Gasteiger charge is 2.38. The van der Waals surface area contributed by atoms with E-state index in [1.165, 1.54) is 30.5 Å². The summed E-state index contributed by atoms with van der Waals surface area (Å²) in [5, 5.41) is 3.69. The molecule has 0 aromatic heterocycles. The van der Waals surface area contributed by atoms with Crippen LogP contribution in [0.5, 0.6) is 0 Å². The largest absolute Gasteiger partial charge is 0.359 e. The fourth-order valence-electron chi connectivity index (χ4n) is 4.76. The molecule has 0 radical (unpaired) electrons. The lowest BCUT2D eigenvalue weighted by atomic mass is 9.73. The Morgan fingerprint density at radius 1 is 1.14 bits per heavy atom. The standard InChI is InChI=1S/C20H25NO/c1-12-3-6-16-13(2)10-19(18(16)9-12)21-15-5-7-17-14(11-15)4-8-20(17)22/h5,7,10-13,16,18,21H,3-4,6,8-9H2,1-2H3/t12-,13?,16+,18-/m1/s1. The van der Waals surface area contributed by atoms with Crippen LogP contribution in [0.1, 0.15) is 55.5 Å². The summed E-state index contributed by atoms with van der Waals surface area (Å²) in [5.41, 5.74) is 4.73. The number of benzene rings is 1. The number of anilines is 1. The molecule has 1 N–H and O–H groups in total. The summed E-state index contributed by atoms with van der Waals surface area (Å²) in [7, 11) is 0. The topological polar surface area (TPSA) is 29.1 Å². The van der Waals surface area contributed by atoms with Crippen LogP contribution in [0.4, 0.5) is 5.69 Å². The number of ketones is 1. The van der Waals surface area contributed by atoms with Gasteiger partial charge in [0.2, 0.25) is 0 Å². The van der Waals surface area contributed by atoms with E-state index in [1.807, 2.05) is 6.07 Å². The summed E-state index contributed by atoms with van der Waals surface area (Å²) in [6.45, 7) is 4.75. The number of carbonyl (C=O) groups is 1. The van der Waals surface area contributed by atoms with Crippen LogP contribution in [0.3, 0.4) is 0 Å². The Balaban J connectivity index is 1.56. The van der Waals surface area contributed by atoms with E-state index in [-0.39, 0.29) is 0 Å². The third-order valence-corrected chi connectivity index (χ3v) is 6.00. The molecular weight excluding hydrogens is 270 g/mol. The van der Waals surface area contributed by atoms with Gasteiger partial charge in [-0.05, 0) is 60.8 Å². The fraction of sp³-hybridized carbons (Fsp3) is 0.550. The molecule has 3 aliphatic rings. The van der Waals surface area contributed by atoms with Crippen LogP contribution in [-0.4, -0.2) is 5.78 Å². The number of fused-ring (bicyclic) bond motifs is 2. The molecule has 2 heteroatoms. The maximum atomic E-state index is 11.8. The highest BCUT2D eigenvalue weighted by atomic mass is 16.1. The summed E-state index contributed by atoms with van der Waals surface area (Å²) in [4.78, 5) is 11.8. The molecule has 1 unspecified atom stereocenters. The zero-order valence-electron chi connectivity index (χ0n) is 13.6. The summed E-state index contributed by atoms with van der Waals surface area (Å²) in [6, 6.07) is 6.27. The van der Waals surface area contributed by atoms with Crippen molar-refractivity contribution in [3.8, 4) is 0 Å². The quantitative estimate of drug-likeness (QED) is 0.848. The van der Waals surface area contributed by atoms with Crippen LogP contribution in [0.2, 0.25) is 0 Å². The van der Waals surface area contributed by atoms with E-state index in [0.717, 1.165) is 29.5 Å². The number of hydrogen-bond acceptors (Lipinski definition) is 2. The van der Waals surface area contributed by atoms with E-state index in [9.17, 15) is 4.79 Å². The van der Waals surface area contributed by atoms with Crippen LogP contribution in [0.25, 0.3) is 0 Å². The number of carbonyl (C=O) groups excluding carboxylic acids is 1. The van der Waals surface area contributed by atoms with E-state index in [4.69, 9.17) is 0 Å². The van der Waals surface area contributed by atoms with Crippen LogP contribution in [-0.2, 0) is 6.42 Å². The van der Waals surface area contributed by atoms with Gasteiger partial charge in [-0.3, -0.25) is 4.79 Å². The van der Waals surface area contributed by atoms with Crippen LogP contribution in [0, 0.1) is 23.7 Å². The molecule has 4 atom stereocenters. The monoisotopic (exact) mass is 295 g/mol. The molecule has 1 fully saturated rings. The molecule has 116 valence electrons. The number of nitrogens with one attached hydrogen (secondary N) is 1. The van der Waals surface area contributed by atoms with Gasteiger partial charge in [0, 0.05) is 29.3 Å². The Morgan fingerprint density at radius 2 is 2.00 bits per heavy atom. The summed E-state index contributed by atoms with van der Waals surface area (Å²) in [5.74, 6) is 3.37. The molecule has 1 aromatic carbocycles. The first-order valence-corrected chi connectivity index (χ1v) is 8.76. The van der Waals surface area contributed by atoms with Crippen molar-refractivity contribution in [3.05, 3.63) is 41.1 Å². The van der Waals surface area contributed by atoms with E-state index < -0.39 is 0 Å². The van der Waals surface area contributed by atoms with Crippen molar-refractivity contribution in [1.29, 1.82) is 0 Å². The molecule has 0 heterocycles. The SMILES string of the molecule is CC1C=C(Nc2ccc3c(c2)CCC3=O)[C@@H]2C[C@H](C)CC[C@@H]12. The minimum absolute atomic E-state index is 0.302. The molecule has 1 aromatic rings. The second-order valence-electron chi connectivity index (χ2n) is 7.59. The first kappa shape index (κ1) is 14.0. The first-order valence-electron chi connectivity index (χ1n) is 8.76. The minimum atomic E-state index is 0.302. The van der Waals surface area contributed by atoms with Crippen molar-refractivity contribution < 1.29 is 4.79 Å². The van der Waals surface area contributed by atoms with Gasteiger partial charge in [0.05, 0.1) is 0 Å². The maximum absolute atomic E-state index is 11.8. The van der Waals surface area contributed by atoms with Gasteiger partial charge in [0.25, 0.3) is 0 Å². The van der Waals surface area contributed by atoms with Crippen molar-refractivity contribution >= 4 is 11.5 Å². The second kappa shape index (κ2) is 5.26. The van der Waals surface area contributed by atoms with Gasteiger partial charge in [-0.2, -0.15) is 0 Å². The molecule has 0 aliphatic heterocycles. The predicted octanol–water partition coefficient (Wildman–Crippen LogP) is 4.81. The first-order chi connectivity index (χ1) is 10.6. The van der Waals surface area contributed by atoms with Gasteiger partial charge >= 0.3 is 0 Å². The van der Waals surface area contributed by atoms with Crippen LogP contribution < -0.4 is 5.32 Å². The summed E-state index contributed by atoms with van der Waals surface area (Å²) < 4.78 is 0. The van der Waals surface area contributed by atoms with Gasteiger partial charge in [-0.1, -0.05) is 26.3 Å². The molecule has 4 rings (SSSR count). The Hall–Kier alpha value is -1.57. The van der Waals surface area contributed by atoms with Crippen molar-refractivity contribution in [2.24, 2.45) is 23.7 Å². The highest BCUT2D eigenvalue weighted by Crippen LogP contribution is 2.47. The van der Waals surface area contributed by atoms with Crippen molar-refractivity contribution in [2.75, 3.05) is 5.32 Å². The third-order valence-electron chi connectivity index (χ3n) is 6.00. The maximum Gasteiger partial charge on any atom is 0.163 e. The van der Waals surface area contributed by atoms with Crippen molar-refractivity contribution in [2.45, 2.75) is 46.0 Å². The predicted molar refractivity (Wildman–Crippen MR) is 90.0 cm³/mol. The number of rotatable bonds is 2. The summed E-state index contributed by atoms with van der Waals surface area (Å²) in [6.07, 6.45) is 8.10. The molecule has 3 aliphatic carbocycles. The minimum Gasteiger partial charge on any atom is -0.359 e. The third kappa shape index (κ3) is 2.29. The van der Waals surface area contributed by atoms with E-state index in [2.05, 4.69) is 37.4 Å². The molecule has 0 saturated heterocycles. The van der Waals surface area contributed by atoms with Gasteiger partial charge in [0.1, 0.15) is 0 Å². The molecule has 0 spiro atoms. The molecule has 22 heavy (non-hydrogen) atoms. The number of hydrogen-bond donors (Lipinski definition) is 1. The second-order valence-corrected chi connectivity index (χ2v) is 7.59. The van der Waals surface area contributed by atoms with Gasteiger partial charge in [-0.25, -0.2) is 0 Å². The Bertz CT molecular complexity index is 645. The fourth-order valence-corrected chi connectivity index (χ4v) is 4.76. The average Bonchev–Trinajstić information content (AvgIpc) is 3.01. The van der Waals surface area contributed by atoms with Gasteiger partial charge in [0.15, 0.2) is 5.78 Å². The summed E-state index contributed by atoms with van der Waals surface area (Å²) >= 11 is 0. The molecule has 2 nitrogen and oxygen atoms in total. The average molecular weight is 295 g/mol. The Kier molecular flexibility index (Phi) is 3.36.